The third kappa shape index (κ3) is 2.59. The zero-order valence-electron chi connectivity index (χ0n) is 10.8. The maximum absolute atomic E-state index is 13.2. The van der Waals surface area contributed by atoms with Crippen LogP contribution in [0, 0.1) is 12.7 Å². The molecule has 0 amide bonds. The van der Waals surface area contributed by atoms with Gasteiger partial charge in [0.15, 0.2) is 0 Å². The van der Waals surface area contributed by atoms with E-state index in [1.54, 1.807) is 13.0 Å². The second-order valence-electron chi connectivity index (χ2n) is 4.58. The highest BCUT2D eigenvalue weighted by Gasteiger charge is 2.10. The molecule has 0 aromatic heterocycles. The molecule has 0 heterocycles. The van der Waals surface area contributed by atoms with Gasteiger partial charge in [0.2, 0.25) is 0 Å². The Morgan fingerprint density at radius 3 is 2.50 bits per heavy atom. The van der Waals surface area contributed by atoms with Gasteiger partial charge in [0.25, 0.3) is 0 Å². The first-order valence-corrected chi connectivity index (χ1v) is 6.22. The number of benzene rings is 2. The molecule has 0 fully saturated rings. The number of rotatable bonds is 3. The first-order valence-electron chi connectivity index (χ1n) is 6.22. The smallest absolute Gasteiger partial charge is 0.126 e. The van der Waals surface area contributed by atoms with E-state index in [1.165, 1.54) is 11.6 Å². The van der Waals surface area contributed by atoms with Crippen LogP contribution in [0.1, 0.15) is 35.2 Å². The lowest BCUT2D eigenvalue weighted by atomic mass is 9.96. The summed E-state index contributed by atoms with van der Waals surface area (Å²) in [6.45, 7) is 3.88. The molecule has 0 spiro atoms. The molecular weight excluding hydrogens is 225 g/mol. The molecule has 0 aliphatic heterocycles. The topological polar surface area (TPSA) is 26.0 Å². The molecule has 1 nitrogen and oxygen atoms in total. The van der Waals surface area contributed by atoms with Crippen molar-refractivity contribution in [3.63, 3.8) is 0 Å². The van der Waals surface area contributed by atoms with Crippen LogP contribution in [-0.4, -0.2) is 0 Å². The van der Waals surface area contributed by atoms with Crippen LogP contribution in [0.3, 0.4) is 0 Å². The predicted octanol–water partition coefficient (Wildman–Crippen LogP) is 3.74. The predicted molar refractivity (Wildman–Crippen MR) is 73.0 cm³/mol. The summed E-state index contributed by atoms with van der Waals surface area (Å²) in [5, 5.41) is 0. The standard InChI is InChI=1S/C16H18FN/c1-3-12-5-4-6-13(10-12)16(18)14-7-8-15(17)11(2)9-14/h4-10,16H,3,18H2,1-2H3. The normalized spacial score (nSPS) is 12.4. The highest BCUT2D eigenvalue weighted by molar-refractivity contribution is 5.35. The largest absolute Gasteiger partial charge is 0.320 e. The molecule has 2 rings (SSSR count). The van der Waals surface area contributed by atoms with Gasteiger partial charge in [-0.25, -0.2) is 4.39 Å². The van der Waals surface area contributed by atoms with Gasteiger partial charge in [0.1, 0.15) is 5.82 Å². The molecule has 0 saturated heterocycles. The minimum Gasteiger partial charge on any atom is -0.320 e. The third-order valence-electron chi connectivity index (χ3n) is 3.26. The molecule has 94 valence electrons. The second kappa shape index (κ2) is 5.32. The lowest BCUT2D eigenvalue weighted by molar-refractivity contribution is 0.617. The van der Waals surface area contributed by atoms with E-state index in [9.17, 15) is 4.39 Å². The molecule has 2 aromatic rings. The van der Waals surface area contributed by atoms with Crippen LogP contribution in [0.25, 0.3) is 0 Å². The van der Waals surface area contributed by atoms with Gasteiger partial charge in [0, 0.05) is 0 Å². The Kier molecular flexibility index (Phi) is 3.78. The second-order valence-corrected chi connectivity index (χ2v) is 4.58. The van der Waals surface area contributed by atoms with Crippen LogP contribution in [0.4, 0.5) is 4.39 Å². The zero-order valence-corrected chi connectivity index (χ0v) is 10.8. The molecule has 2 heteroatoms. The van der Waals surface area contributed by atoms with Crippen LogP contribution < -0.4 is 5.73 Å². The Balaban J connectivity index is 2.34. The van der Waals surface area contributed by atoms with E-state index < -0.39 is 0 Å². The average Bonchev–Trinajstić information content (AvgIpc) is 2.41. The molecule has 0 saturated carbocycles. The molecule has 1 atom stereocenters. The molecule has 0 aliphatic rings. The van der Waals surface area contributed by atoms with Crippen molar-refractivity contribution in [2.75, 3.05) is 0 Å². The van der Waals surface area contributed by atoms with Crippen molar-refractivity contribution in [2.45, 2.75) is 26.3 Å². The van der Waals surface area contributed by atoms with Gasteiger partial charge in [-0.05, 0) is 41.7 Å². The molecule has 1 unspecified atom stereocenters. The number of halogens is 1. The fourth-order valence-electron chi connectivity index (χ4n) is 2.06. The Morgan fingerprint density at radius 1 is 1.11 bits per heavy atom. The summed E-state index contributed by atoms with van der Waals surface area (Å²) < 4.78 is 13.2. The molecule has 18 heavy (non-hydrogen) atoms. The number of nitrogens with two attached hydrogens (primary N) is 1. The minimum atomic E-state index is -0.198. The van der Waals surface area contributed by atoms with Gasteiger partial charge >= 0.3 is 0 Å². The summed E-state index contributed by atoms with van der Waals surface area (Å²) in [6.07, 6.45) is 0.989. The van der Waals surface area contributed by atoms with E-state index in [2.05, 4.69) is 19.1 Å². The zero-order chi connectivity index (χ0) is 13.1. The monoisotopic (exact) mass is 243 g/mol. The van der Waals surface area contributed by atoms with Gasteiger partial charge < -0.3 is 5.73 Å². The quantitative estimate of drug-likeness (QED) is 0.873. The van der Waals surface area contributed by atoms with Crippen molar-refractivity contribution < 1.29 is 4.39 Å². The lowest BCUT2D eigenvalue weighted by Crippen LogP contribution is -2.12. The lowest BCUT2D eigenvalue weighted by Gasteiger charge is -2.14. The summed E-state index contributed by atoms with van der Waals surface area (Å²) in [5.41, 5.74) is 10.2. The van der Waals surface area contributed by atoms with Crippen molar-refractivity contribution in [1.82, 2.24) is 0 Å². The van der Waals surface area contributed by atoms with Gasteiger partial charge in [-0.15, -0.1) is 0 Å². The maximum Gasteiger partial charge on any atom is 0.126 e. The Morgan fingerprint density at radius 2 is 1.83 bits per heavy atom. The first-order chi connectivity index (χ1) is 8.61. The summed E-state index contributed by atoms with van der Waals surface area (Å²) in [4.78, 5) is 0. The van der Waals surface area contributed by atoms with Crippen LogP contribution in [0.15, 0.2) is 42.5 Å². The Labute approximate surface area is 107 Å². The van der Waals surface area contributed by atoms with Gasteiger partial charge in [0.05, 0.1) is 6.04 Å². The van der Waals surface area contributed by atoms with E-state index in [1.807, 2.05) is 18.2 Å². The van der Waals surface area contributed by atoms with Crippen molar-refractivity contribution >= 4 is 0 Å². The van der Waals surface area contributed by atoms with E-state index in [4.69, 9.17) is 5.73 Å². The fraction of sp³-hybridized carbons (Fsp3) is 0.250. The first kappa shape index (κ1) is 12.8. The Bertz CT molecular complexity index is 549. The van der Waals surface area contributed by atoms with Crippen molar-refractivity contribution in [2.24, 2.45) is 5.73 Å². The van der Waals surface area contributed by atoms with Crippen molar-refractivity contribution in [1.29, 1.82) is 0 Å². The third-order valence-corrected chi connectivity index (χ3v) is 3.26. The average molecular weight is 243 g/mol. The summed E-state index contributed by atoms with van der Waals surface area (Å²) in [7, 11) is 0. The highest BCUT2D eigenvalue weighted by Crippen LogP contribution is 2.22. The van der Waals surface area contributed by atoms with Crippen molar-refractivity contribution in [3.05, 3.63) is 70.5 Å². The van der Waals surface area contributed by atoms with Gasteiger partial charge in [-0.2, -0.15) is 0 Å². The van der Waals surface area contributed by atoms with E-state index in [-0.39, 0.29) is 11.9 Å². The number of hydrogen-bond donors (Lipinski definition) is 1. The molecule has 0 bridgehead atoms. The molecule has 0 aliphatic carbocycles. The van der Waals surface area contributed by atoms with Gasteiger partial charge in [-0.3, -0.25) is 0 Å². The molecule has 2 N–H and O–H groups in total. The maximum atomic E-state index is 13.2. The Hall–Kier alpha value is -1.67. The van der Waals surface area contributed by atoms with Crippen LogP contribution >= 0.6 is 0 Å². The van der Waals surface area contributed by atoms with Gasteiger partial charge in [-0.1, -0.05) is 43.3 Å². The molecule has 0 radical (unpaired) electrons. The summed E-state index contributed by atoms with van der Waals surface area (Å²) in [6, 6.07) is 13.1. The van der Waals surface area contributed by atoms with Crippen LogP contribution in [-0.2, 0) is 6.42 Å². The fourth-order valence-corrected chi connectivity index (χ4v) is 2.06. The molecular formula is C16H18FN. The SMILES string of the molecule is CCc1cccc(C(N)c2ccc(F)c(C)c2)c1. The summed E-state index contributed by atoms with van der Waals surface area (Å²) in [5.74, 6) is -0.187. The number of hydrogen-bond acceptors (Lipinski definition) is 1. The minimum absolute atomic E-state index is 0.187. The van der Waals surface area contributed by atoms with E-state index >= 15 is 0 Å². The summed E-state index contributed by atoms with van der Waals surface area (Å²) >= 11 is 0. The van der Waals surface area contributed by atoms with Crippen LogP contribution in [0.2, 0.25) is 0 Å². The highest BCUT2D eigenvalue weighted by atomic mass is 19.1. The molecule has 2 aromatic carbocycles. The van der Waals surface area contributed by atoms with E-state index in [0.717, 1.165) is 17.5 Å². The number of aryl methyl sites for hydroxylation is 2. The van der Waals surface area contributed by atoms with E-state index in [0.29, 0.717) is 5.56 Å². The van der Waals surface area contributed by atoms with Crippen molar-refractivity contribution in [3.8, 4) is 0 Å². The van der Waals surface area contributed by atoms with Crippen LogP contribution in [0.5, 0.6) is 0 Å².